The Morgan fingerprint density at radius 1 is 1.42 bits per heavy atom. The van der Waals surface area contributed by atoms with Crippen LogP contribution in [0.25, 0.3) is 0 Å². The average Bonchev–Trinajstić information content (AvgIpc) is 2.31. The van der Waals surface area contributed by atoms with Crippen molar-refractivity contribution in [2.75, 3.05) is 11.2 Å². The molecule has 1 rings (SSSR count). The highest BCUT2D eigenvalue weighted by atomic mass is 35.5. The Morgan fingerprint density at radius 3 is 2.53 bits per heavy atom. The number of alkyl halides is 1. The maximum absolute atomic E-state index is 11.9. The van der Waals surface area contributed by atoms with E-state index in [1.165, 1.54) is 0 Å². The quantitative estimate of drug-likeness (QED) is 0.509. The number of aliphatic imine (C=N–C) groups is 1. The number of carbonyl (C=O) groups excluding carboxylic acids is 1. The molecule has 0 spiro atoms. The highest BCUT2D eigenvalue weighted by Gasteiger charge is 2.21. The summed E-state index contributed by atoms with van der Waals surface area (Å²) in [4.78, 5) is 15.9. The van der Waals surface area contributed by atoms with Crippen LogP contribution in [0.1, 0.15) is 20.8 Å². The van der Waals surface area contributed by atoms with Gasteiger partial charge in [0, 0.05) is 5.41 Å². The fraction of sp³-hybridized carbons (Fsp3) is 0.385. The Bertz CT molecular complexity index is 507. The van der Waals surface area contributed by atoms with Gasteiger partial charge in [-0.2, -0.15) is 0 Å². The number of hydrogen-bond acceptors (Lipinski definition) is 2. The number of nitrogens with two attached hydrogens (primary N) is 1. The number of nitrogens with one attached hydrogen (secondary N) is 1. The SMILES string of the molecule is CC(C)(C)C(=O)Nc1ccc(N=C(N)CCl)cc1Cl. The van der Waals surface area contributed by atoms with Gasteiger partial charge in [0.05, 0.1) is 22.3 Å². The van der Waals surface area contributed by atoms with Gasteiger partial charge in [-0.25, -0.2) is 4.99 Å². The lowest BCUT2D eigenvalue weighted by Crippen LogP contribution is -2.27. The largest absolute Gasteiger partial charge is 0.386 e. The molecule has 4 nitrogen and oxygen atoms in total. The monoisotopic (exact) mass is 301 g/mol. The van der Waals surface area contributed by atoms with E-state index in [0.29, 0.717) is 22.2 Å². The minimum Gasteiger partial charge on any atom is -0.386 e. The topological polar surface area (TPSA) is 67.5 Å². The van der Waals surface area contributed by atoms with Crippen LogP contribution in [0.5, 0.6) is 0 Å². The lowest BCUT2D eigenvalue weighted by atomic mass is 9.95. The molecule has 6 heteroatoms. The summed E-state index contributed by atoms with van der Waals surface area (Å²) in [6.45, 7) is 5.49. The number of carbonyl (C=O) groups is 1. The molecule has 0 fully saturated rings. The molecule has 1 amide bonds. The van der Waals surface area contributed by atoms with Crippen LogP contribution < -0.4 is 11.1 Å². The lowest BCUT2D eigenvalue weighted by molar-refractivity contribution is -0.123. The van der Waals surface area contributed by atoms with E-state index in [1.807, 2.05) is 20.8 Å². The molecule has 0 saturated heterocycles. The van der Waals surface area contributed by atoms with E-state index in [9.17, 15) is 4.79 Å². The van der Waals surface area contributed by atoms with Crippen molar-refractivity contribution in [2.45, 2.75) is 20.8 Å². The van der Waals surface area contributed by atoms with E-state index in [-0.39, 0.29) is 11.8 Å². The van der Waals surface area contributed by atoms with Crippen molar-refractivity contribution in [3.63, 3.8) is 0 Å². The molecule has 3 N–H and O–H groups in total. The molecular weight excluding hydrogens is 285 g/mol. The van der Waals surface area contributed by atoms with Gasteiger partial charge >= 0.3 is 0 Å². The summed E-state index contributed by atoms with van der Waals surface area (Å²) < 4.78 is 0. The first kappa shape index (κ1) is 15.8. The number of benzene rings is 1. The zero-order valence-corrected chi connectivity index (χ0v) is 12.6. The van der Waals surface area contributed by atoms with Crippen LogP contribution in [0.2, 0.25) is 5.02 Å². The van der Waals surface area contributed by atoms with Crippen LogP contribution >= 0.6 is 23.2 Å². The number of anilines is 1. The third-order valence-electron chi connectivity index (χ3n) is 2.29. The molecule has 0 atom stereocenters. The van der Waals surface area contributed by atoms with E-state index in [0.717, 1.165) is 0 Å². The van der Waals surface area contributed by atoms with Crippen molar-refractivity contribution in [3.05, 3.63) is 23.2 Å². The third-order valence-corrected chi connectivity index (χ3v) is 2.88. The van der Waals surface area contributed by atoms with Crippen molar-refractivity contribution >= 4 is 46.3 Å². The average molecular weight is 302 g/mol. The fourth-order valence-corrected chi connectivity index (χ4v) is 1.46. The first-order valence-electron chi connectivity index (χ1n) is 5.74. The molecule has 0 unspecified atom stereocenters. The van der Waals surface area contributed by atoms with E-state index in [1.54, 1.807) is 18.2 Å². The van der Waals surface area contributed by atoms with E-state index in [4.69, 9.17) is 28.9 Å². The molecule has 0 bridgehead atoms. The van der Waals surface area contributed by atoms with E-state index < -0.39 is 5.41 Å². The highest BCUT2D eigenvalue weighted by molar-refractivity contribution is 6.34. The molecule has 1 aromatic rings. The van der Waals surface area contributed by atoms with Gasteiger partial charge < -0.3 is 11.1 Å². The first-order valence-corrected chi connectivity index (χ1v) is 6.65. The lowest BCUT2D eigenvalue weighted by Gasteiger charge is -2.18. The van der Waals surface area contributed by atoms with Gasteiger partial charge in [-0.1, -0.05) is 32.4 Å². The smallest absolute Gasteiger partial charge is 0.229 e. The van der Waals surface area contributed by atoms with Crippen LogP contribution in [-0.2, 0) is 4.79 Å². The Balaban J connectivity index is 2.93. The molecule has 0 heterocycles. The van der Waals surface area contributed by atoms with Gasteiger partial charge in [-0.05, 0) is 18.2 Å². The van der Waals surface area contributed by atoms with Gasteiger partial charge in [0.2, 0.25) is 5.91 Å². The predicted molar refractivity (Wildman–Crippen MR) is 81.5 cm³/mol. The van der Waals surface area contributed by atoms with E-state index in [2.05, 4.69) is 10.3 Å². The molecule has 1 aromatic carbocycles. The minimum atomic E-state index is -0.483. The van der Waals surface area contributed by atoms with Gasteiger partial charge in [0.25, 0.3) is 0 Å². The third kappa shape index (κ3) is 4.73. The first-order chi connectivity index (χ1) is 8.74. The summed E-state index contributed by atoms with van der Waals surface area (Å²) in [7, 11) is 0. The molecule has 0 aliphatic heterocycles. The Labute approximate surface area is 123 Å². The number of amides is 1. The second-order valence-electron chi connectivity index (χ2n) is 5.11. The molecule has 104 valence electrons. The van der Waals surface area contributed by atoms with Crippen LogP contribution in [0.4, 0.5) is 11.4 Å². The molecule has 0 saturated carbocycles. The van der Waals surface area contributed by atoms with Gasteiger partial charge in [0.1, 0.15) is 5.84 Å². The second kappa shape index (κ2) is 6.26. The molecule has 0 aliphatic rings. The van der Waals surface area contributed by atoms with Crippen molar-refractivity contribution in [1.29, 1.82) is 0 Å². The standard InChI is InChI=1S/C13H17Cl2N3O/c1-13(2,3)12(19)18-10-5-4-8(6-9(10)15)17-11(16)7-14/h4-6H,7H2,1-3H3,(H2,16,17)(H,18,19). The van der Waals surface area contributed by atoms with Crippen LogP contribution in [0.3, 0.4) is 0 Å². The fourth-order valence-electron chi connectivity index (χ4n) is 1.18. The molecule has 19 heavy (non-hydrogen) atoms. The number of halogens is 2. The van der Waals surface area contributed by atoms with Gasteiger partial charge in [-0.3, -0.25) is 4.79 Å². The van der Waals surface area contributed by atoms with Crippen molar-refractivity contribution in [2.24, 2.45) is 16.1 Å². The van der Waals surface area contributed by atoms with Crippen molar-refractivity contribution in [1.82, 2.24) is 0 Å². The van der Waals surface area contributed by atoms with Crippen LogP contribution in [-0.4, -0.2) is 17.6 Å². The zero-order chi connectivity index (χ0) is 14.6. The van der Waals surface area contributed by atoms with Crippen molar-refractivity contribution in [3.8, 4) is 0 Å². The number of rotatable bonds is 3. The summed E-state index contributed by atoms with van der Waals surface area (Å²) >= 11 is 11.6. The molecule has 0 aromatic heterocycles. The normalized spacial score (nSPS) is 12.4. The summed E-state index contributed by atoms with van der Waals surface area (Å²) in [5.41, 5.74) is 6.19. The Kier molecular flexibility index (Phi) is 5.20. The summed E-state index contributed by atoms with van der Waals surface area (Å²) in [6, 6.07) is 5.02. The zero-order valence-electron chi connectivity index (χ0n) is 11.1. The molecule has 0 aliphatic carbocycles. The Hall–Kier alpha value is -1.26. The predicted octanol–water partition coefficient (Wildman–Crippen LogP) is 3.55. The van der Waals surface area contributed by atoms with Gasteiger partial charge in [-0.15, -0.1) is 11.6 Å². The summed E-state index contributed by atoms with van der Waals surface area (Å²) in [5, 5.41) is 3.17. The van der Waals surface area contributed by atoms with Gasteiger partial charge in [0.15, 0.2) is 0 Å². The minimum absolute atomic E-state index is 0.106. The Morgan fingerprint density at radius 2 is 2.05 bits per heavy atom. The maximum atomic E-state index is 11.9. The number of hydrogen-bond donors (Lipinski definition) is 2. The van der Waals surface area contributed by atoms with E-state index >= 15 is 0 Å². The maximum Gasteiger partial charge on any atom is 0.229 e. The summed E-state index contributed by atoms with van der Waals surface area (Å²) in [5.74, 6) is 0.357. The van der Waals surface area contributed by atoms with Crippen LogP contribution in [0.15, 0.2) is 23.2 Å². The molecular formula is C13H17Cl2N3O. The highest BCUT2D eigenvalue weighted by Crippen LogP contribution is 2.28. The number of amidine groups is 1. The van der Waals surface area contributed by atoms with Crippen molar-refractivity contribution < 1.29 is 4.79 Å². The molecule has 0 radical (unpaired) electrons. The second-order valence-corrected chi connectivity index (χ2v) is 5.78. The number of nitrogens with zero attached hydrogens (tertiary/aromatic N) is 1. The van der Waals surface area contributed by atoms with Crippen LogP contribution in [0, 0.1) is 5.41 Å². The summed E-state index contributed by atoms with van der Waals surface area (Å²) in [6.07, 6.45) is 0.